The van der Waals surface area contributed by atoms with E-state index in [0.29, 0.717) is 12.4 Å². The van der Waals surface area contributed by atoms with Gasteiger partial charge >= 0.3 is 5.97 Å². The van der Waals surface area contributed by atoms with Gasteiger partial charge < -0.3 is 9.84 Å². The molecule has 3 heteroatoms. The van der Waals surface area contributed by atoms with E-state index in [9.17, 15) is 4.79 Å². The van der Waals surface area contributed by atoms with Crippen molar-refractivity contribution in [3.63, 3.8) is 0 Å². The van der Waals surface area contributed by atoms with Crippen LogP contribution in [0.4, 0.5) is 0 Å². The number of aryl methyl sites for hydroxylation is 1. The molecule has 19 heavy (non-hydrogen) atoms. The molecule has 0 aliphatic heterocycles. The Morgan fingerprint density at radius 3 is 2.63 bits per heavy atom. The molecule has 0 amide bonds. The number of rotatable bonds is 4. The maximum atomic E-state index is 11.0. The van der Waals surface area contributed by atoms with Crippen molar-refractivity contribution in [2.24, 2.45) is 0 Å². The number of hydrogen-bond donors (Lipinski definition) is 1. The van der Waals surface area contributed by atoms with Crippen molar-refractivity contribution in [1.29, 1.82) is 0 Å². The second kappa shape index (κ2) is 5.57. The first-order valence-corrected chi connectivity index (χ1v) is 6.19. The number of hydrogen-bond acceptors (Lipinski definition) is 2. The van der Waals surface area contributed by atoms with Crippen molar-refractivity contribution in [2.75, 3.05) is 6.61 Å². The minimum Gasteiger partial charge on any atom is -0.493 e. The molecule has 0 aromatic heterocycles. The predicted molar refractivity (Wildman–Crippen MR) is 74.7 cm³/mol. The van der Waals surface area contributed by atoms with E-state index >= 15 is 0 Å². The summed E-state index contributed by atoms with van der Waals surface area (Å²) >= 11 is 0. The highest BCUT2D eigenvalue weighted by Crippen LogP contribution is 2.31. The molecule has 3 nitrogen and oxygen atoms in total. The molecule has 0 aliphatic rings. The standard InChI is InChI=1S/C16H16O3/c1-3-19-15-10-13(16(17)18)7-8-14(15)12-6-4-5-11(2)9-12/h4-10H,3H2,1-2H3,(H,17,18). The molecule has 0 saturated carbocycles. The van der Waals surface area contributed by atoms with Gasteiger partial charge in [0.25, 0.3) is 0 Å². The normalized spacial score (nSPS) is 10.2. The van der Waals surface area contributed by atoms with Crippen LogP contribution in [-0.4, -0.2) is 17.7 Å². The summed E-state index contributed by atoms with van der Waals surface area (Å²) in [5, 5.41) is 9.03. The lowest BCUT2D eigenvalue weighted by atomic mass is 10.0. The molecule has 0 radical (unpaired) electrons. The fourth-order valence-corrected chi connectivity index (χ4v) is 1.98. The first-order chi connectivity index (χ1) is 9.11. The summed E-state index contributed by atoms with van der Waals surface area (Å²) < 4.78 is 5.56. The Morgan fingerprint density at radius 2 is 2.00 bits per heavy atom. The molecule has 0 atom stereocenters. The van der Waals surface area contributed by atoms with E-state index in [1.807, 2.05) is 32.0 Å². The van der Waals surface area contributed by atoms with E-state index < -0.39 is 5.97 Å². The first-order valence-electron chi connectivity index (χ1n) is 6.19. The van der Waals surface area contributed by atoms with Gasteiger partial charge in [-0.2, -0.15) is 0 Å². The van der Waals surface area contributed by atoms with Crippen LogP contribution >= 0.6 is 0 Å². The second-order valence-electron chi connectivity index (χ2n) is 4.32. The summed E-state index contributed by atoms with van der Waals surface area (Å²) in [6.07, 6.45) is 0. The van der Waals surface area contributed by atoms with Crippen LogP contribution in [0.2, 0.25) is 0 Å². The van der Waals surface area contributed by atoms with Gasteiger partial charge in [-0.1, -0.05) is 29.8 Å². The summed E-state index contributed by atoms with van der Waals surface area (Å²) in [6.45, 7) is 4.41. The molecule has 2 aromatic rings. The lowest BCUT2D eigenvalue weighted by Crippen LogP contribution is -2.00. The van der Waals surface area contributed by atoms with E-state index in [-0.39, 0.29) is 5.56 Å². The second-order valence-corrected chi connectivity index (χ2v) is 4.32. The Bertz CT molecular complexity index is 603. The Hall–Kier alpha value is -2.29. The molecular formula is C16H16O3. The molecule has 0 fully saturated rings. The molecule has 2 aromatic carbocycles. The molecule has 0 spiro atoms. The Kier molecular flexibility index (Phi) is 3.85. The van der Waals surface area contributed by atoms with Gasteiger partial charge in [0, 0.05) is 5.56 Å². The molecule has 1 N–H and O–H groups in total. The van der Waals surface area contributed by atoms with Crippen molar-refractivity contribution >= 4 is 5.97 Å². The molecule has 0 saturated heterocycles. The summed E-state index contributed by atoms with van der Waals surface area (Å²) in [5.74, 6) is -0.343. The summed E-state index contributed by atoms with van der Waals surface area (Å²) in [6, 6.07) is 13.0. The molecule has 2 rings (SSSR count). The number of carboxylic acids is 1. The van der Waals surface area contributed by atoms with E-state index in [4.69, 9.17) is 9.84 Å². The highest BCUT2D eigenvalue weighted by atomic mass is 16.5. The largest absolute Gasteiger partial charge is 0.493 e. The van der Waals surface area contributed by atoms with E-state index in [1.54, 1.807) is 18.2 Å². The minimum absolute atomic E-state index is 0.236. The summed E-state index contributed by atoms with van der Waals surface area (Å²) in [4.78, 5) is 11.0. The third kappa shape index (κ3) is 2.94. The SMILES string of the molecule is CCOc1cc(C(=O)O)ccc1-c1cccc(C)c1. The molecule has 0 bridgehead atoms. The predicted octanol–water partition coefficient (Wildman–Crippen LogP) is 3.76. The fourth-order valence-electron chi connectivity index (χ4n) is 1.98. The zero-order valence-corrected chi connectivity index (χ0v) is 11.0. The first kappa shape index (κ1) is 13.1. The van der Waals surface area contributed by atoms with E-state index in [1.165, 1.54) is 0 Å². The van der Waals surface area contributed by atoms with Crippen LogP contribution in [0.5, 0.6) is 5.75 Å². The van der Waals surface area contributed by atoms with E-state index in [0.717, 1.165) is 16.7 Å². The van der Waals surface area contributed by atoms with Gasteiger partial charge in [-0.05, 0) is 37.6 Å². The van der Waals surface area contributed by atoms with Gasteiger partial charge in [0.1, 0.15) is 5.75 Å². The maximum absolute atomic E-state index is 11.0. The molecule has 0 heterocycles. The van der Waals surface area contributed by atoms with Crippen LogP contribution in [0.15, 0.2) is 42.5 Å². The van der Waals surface area contributed by atoms with Crippen LogP contribution in [0.1, 0.15) is 22.8 Å². The highest BCUT2D eigenvalue weighted by molar-refractivity contribution is 5.89. The smallest absolute Gasteiger partial charge is 0.335 e. The topological polar surface area (TPSA) is 46.5 Å². The van der Waals surface area contributed by atoms with Crippen molar-refractivity contribution in [3.8, 4) is 16.9 Å². The van der Waals surface area contributed by atoms with Crippen LogP contribution in [0, 0.1) is 6.92 Å². The zero-order chi connectivity index (χ0) is 13.8. The van der Waals surface area contributed by atoms with Gasteiger partial charge in [-0.3, -0.25) is 0 Å². The Balaban J connectivity index is 2.53. The van der Waals surface area contributed by atoms with Crippen LogP contribution in [-0.2, 0) is 0 Å². The number of ether oxygens (including phenoxy) is 1. The Labute approximate surface area is 112 Å². The summed E-state index contributed by atoms with van der Waals surface area (Å²) in [7, 11) is 0. The average Bonchev–Trinajstić information content (AvgIpc) is 2.39. The van der Waals surface area contributed by atoms with Crippen molar-refractivity contribution in [2.45, 2.75) is 13.8 Å². The minimum atomic E-state index is -0.947. The third-order valence-electron chi connectivity index (χ3n) is 2.86. The lowest BCUT2D eigenvalue weighted by Gasteiger charge is -2.11. The molecular weight excluding hydrogens is 240 g/mol. The van der Waals surface area contributed by atoms with Gasteiger partial charge in [0.15, 0.2) is 0 Å². The number of carboxylic acid groups (broad SMARTS) is 1. The van der Waals surface area contributed by atoms with Crippen LogP contribution in [0.3, 0.4) is 0 Å². The Morgan fingerprint density at radius 1 is 1.21 bits per heavy atom. The van der Waals surface area contributed by atoms with Crippen LogP contribution < -0.4 is 4.74 Å². The van der Waals surface area contributed by atoms with Gasteiger partial charge in [0.2, 0.25) is 0 Å². The maximum Gasteiger partial charge on any atom is 0.335 e. The molecule has 0 unspecified atom stereocenters. The fraction of sp³-hybridized carbons (Fsp3) is 0.188. The van der Waals surface area contributed by atoms with Gasteiger partial charge in [-0.25, -0.2) is 4.79 Å². The quantitative estimate of drug-likeness (QED) is 0.906. The number of aromatic carboxylic acids is 1. The van der Waals surface area contributed by atoms with Crippen molar-refractivity contribution < 1.29 is 14.6 Å². The lowest BCUT2D eigenvalue weighted by molar-refractivity contribution is 0.0696. The highest BCUT2D eigenvalue weighted by Gasteiger charge is 2.11. The average molecular weight is 256 g/mol. The summed E-state index contributed by atoms with van der Waals surface area (Å²) in [5.41, 5.74) is 3.33. The van der Waals surface area contributed by atoms with Crippen LogP contribution in [0.25, 0.3) is 11.1 Å². The number of benzene rings is 2. The van der Waals surface area contributed by atoms with Gasteiger partial charge in [-0.15, -0.1) is 0 Å². The van der Waals surface area contributed by atoms with Crippen molar-refractivity contribution in [3.05, 3.63) is 53.6 Å². The molecule has 0 aliphatic carbocycles. The van der Waals surface area contributed by atoms with Crippen molar-refractivity contribution in [1.82, 2.24) is 0 Å². The monoisotopic (exact) mass is 256 g/mol. The van der Waals surface area contributed by atoms with E-state index in [2.05, 4.69) is 6.07 Å². The zero-order valence-electron chi connectivity index (χ0n) is 11.0. The molecule has 98 valence electrons. The number of carbonyl (C=O) groups is 1. The third-order valence-corrected chi connectivity index (χ3v) is 2.86. The van der Waals surface area contributed by atoms with Gasteiger partial charge in [0.05, 0.1) is 12.2 Å².